The lowest BCUT2D eigenvalue weighted by Gasteiger charge is -2.29. The quantitative estimate of drug-likeness (QED) is 0.174. The van der Waals surface area contributed by atoms with E-state index < -0.39 is 23.7 Å². The number of amides is 2. The molecule has 5 rings (SSSR count). The number of aromatic nitrogens is 2. The van der Waals surface area contributed by atoms with Crippen molar-refractivity contribution in [3.8, 4) is 16.8 Å². The van der Waals surface area contributed by atoms with Crippen LogP contribution in [-0.4, -0.2) is 33.7 Å². The number of hydrogen-bond donors (Lipinski definition) is 2. The molecule has 0 unspecified atom stereocenters. The molecule has 0 aliphatic heterocycles. The van der Waals surface area contributed by atoms with Crippen LogP contribution in [0.1, 0.15) is 73.4 Å². The Morgan fingerprint density at radius 1 is 0.938 bits per heavy atom. The minimum absolute atomic E-state index is 0.216. The smallest absolute Gasteiger partial charge is 0.418 e. The van der Waals surface area contributed by atoms with Crippen molar-refractivity contribution in [1.82, 2.24) is 9.55 Å². The van der Waals surface area contributed by atoms with Gasteiger partial charge in [-0.15, -0.1) is 0 Å². The minimum Gasteiger partial charge on any atom is -0.478 e. The van der Waals surface area contributed by atoms with Crippen LogP contribution >= 0.6 is 0 Å². The lowest BCUT2D eigenvalue weighted by atomic mass is 9.79. The van der Waals surface area contributed by atoms with Gasteiger partial charge in [0.1, 0.15) is 5.82 Å². The zero-order valence-corrected chi connectivity index (χ0v) is 27.9. The summed E-state index contributed by atoms with van der Waals surface area (Å²) in [6.07, 6.45) is -2.09. The molecule has 0 saturated carbocycles. The molecule has 0 bridgehead atoms. The third kappa shape index (κ3) is 6.65. The molecule has 0 atom stereocenters. The molecule has 7 nitrogen and oxygen atoms in total. The highest BCUT2D eigenvalue weighted by molar-refractivity contribution is 6.03. The van der Waals surface area contributed by atoms with Crippen LogP contribution in [-0.2, 0) is 18.0 Å². The third-order valence-electron chi connectivity index (χ3n) is 8.51. The van der Waals surface area contributed by atoms with E-state index in [1.807, 2.05) is 43.3 Å². The average molecular weight is 657 g/mol. The minimum atomic E-state index is -4.63. The molecule has 5 aromatic rings. The predicted octanol–water partition coefficient (Wildman–Crippen LogP) is 10.0. The van der Waals surface area contributed by atoms with Crippen LogP contribution in [0.3, 0.4) is 0 Å². The molecule has 2 N–H and O–H groups in total. The fraction of sp³-hybridized carbons (Fsp3) is 0.289. The number of carbonyl (C=O) groups is 2. The molecular weight excluding hydrogens is 617 g/mol. The molecule has 1 aromatic heterocycles. The number of nitrogens with zero attached hydrogens (tertiary/aromatic N) is 3. The number of urea groups is 1. The molecule has 250 valence electrons. The van der Waals surface area contributed by atoms with Gasteiger partial charge in [-0.3, -0.25) is 9.47 Å². The van der Waals surface area contributed by atoms with E-state index in [9.17, 15) is 27.9 Å². The van der Waals surface area contributed by atoms with Crippen LogP contribution in [0.15, 0.2) is 78.9 Å². The molecule has 1 heterocycles. The Kier molecular flexibility index (Phi) is 9.39. The van der Waals surface area contributed by atoms with E-state index >= 15 is 0 Å². The molecule has 2 amide bonds. The van der Waals surface area contributed by atoms with Gasteiger partial charge in [0.25, 0.3) is 0 Å². The first kappa shape index (κ1) is 34.2. The molecule has 4 aromatic carbocycles. The van der Waals surface area contributed by atoms with Gasteiger partial charge in [0.15, 0.2) is 0 Å². The highest BCUT2D eigenvalue weighted by atomic mass is 19.4. The molecule has 0 radical (unpaired) electrons. The van der Waals surface area contributed by atoms with Gasteiger partial charge in [-0.2, -0.15) is 13.2 Å². The standard InChI is InChI=1S/C38H39F3N4O3/c1-7-8-17-33-42-30-20-18-24(44(6)36(48)43-29-16-12-11-15-28(29)38(39,40)41)22-32(30)45(33)31-21-19-25(23(2)34(31)37(3,4)5)26-13-9-10-14-27(26)35(46)47/h9-16,18-22H,7-8,17H2,1-6H3,(H,43,48)(H,46,47). The number of nitrogens with one attached hydrogen (secondary N) is 1. The van der Waals surface area contributed by atoms with Crippen molar-refractivity contribution in [2.24, 2.45) is 0 Å². The van der Waals surface area contributed by atoms with Crippen molar-refractivity contribution in [2.75, 3.05) is 17.3 Å². The summed E-state index contributed by atoms with van der Waals surface area (Å²) in [5.41, 5.74) is 4.77. The summed E-state index contributed by atoms with van der Waals surface area (Å²) < 4.78 is 42.9. The fourth-order valence-corrected chi connectivity index (χ4v) is 6.28. The number of aromatic carboxylic acids is 1. The average Bonchev–Trinajstić information content (AvgIpc) is 3.39. The predicted molar refractivity (Wildman–Crippen MR) is 184 cm³/mol. The highest BCUT2D eigenvalue weighted by Crippen LogP contribution is 2.40. The topological polar surface area (TPSA) is 87.5 Å². The monoisotopic (exact) mass is 656 g/mol. The second-order valence-corrected chi connectivity index (χ2v) is 12.9. The van der Waals surface area contributed by atoms with Crippen molar-refractivity contribution in [2.45, 2.75) is 65.5 Å². The number of aryl methyl sites for hydroxylation is 1. The second-order valence-electron chi connectivity index (χ2n) is 12.9. The van der Waals surface area contributed by atoms with Crippen LogP contribution in [0.2, 0.25) is 0 Å². The van der Waals surface area contributed by atoms with E-state index in [4.69, 9.17) is 4.98 Å². The van der Waals surface area contributed by atoms with Gasteiger partial charge in [-0.05, 0) is 83.5 Å². The van der Waals surface area contributed by atoms with Crippen molar-refractivity contribution in [3.05, 3.63) is 107 Å². The van der Waals surface area contributed by atoms with Gasteiger partial charge in [0.2, 0.25) is 0 Å². The zero-order chi connectivity index (χ0) is 35.0. The lowest BCUT2D eigenvalue weighted by Crippen LogP contribution is -2.32. The molecule has 0 aliphatic rings. The summed E-state index contributed by atoms with van der Waals surface area (Å²) in [6, 6.07) is 20.4. The molecule has 0 aliphatic carbocycles. The maximum absolute atomic E-state index is 13.6. The van der Waals surface area contributed by atoms with Crippen molar-refractivity contribution >= 4 is 34.4 Å². The number of carboxylic acids is 1. The van der Waals surface area contributed by atoms with E-state index in [1.165, 1.54) is 30.1 Å². The number of fused-ring (bicyclic) bond motifs is 1. The zero-order valence-electron chi connectivity index (χ0n) is 27.9. The van der Waals surface area contributed by atoms with Crippen molar-refractivity contribution in [1.29, 1.82) is 0 Å². The van der Waals surface area contributed by atoms with E-state index in [1.54, 1.807) is 18.2 Å². The van der Waals surface area contributed by atoms with Gasteiger partial charge >= 0.3 is 18.2 Å². The number of para-hydroxylation sites is 1. The fourth-order valence-electron chi connectivity index (χ4n) is 6.28. The Hall–Kier alpha value is -5.12. The number of carbonyl (C=O) groups excluding carboxylic acids is 1. The summed E-state index contributed by atoms with van der Waals surface area (Å²) in [5, 5.41) is 12.4. The summed E-state index contributed by atoms with van der Waals surface area (Å²) in [5.74, 6) is -0.171. The third-order valence-corrected chi connectivity index (χ3v) is 8.51. The Bertz CT molecular complexity index is 2010. The summed E-state index contributed by atoms with van der Waals surface area (Å²) >= 11 is 0. The largest absolute Gasteiger partial charge is 0.478 e. The van der Waals surface area contributed by atoms with Crippen LogP contribution in [0.4, 0.5) is 29.3 Å². The number of carboxylic acid groups (broad SMARTS) is 1. The van der Waals surface area contributed by atoms with Crippen LogP contribution < -0.4 is 10.2 Å². The van der Waals surface area contributed by atoms with E-state index in [2.05, 4.69) is 37.6 Å². The maximum Gasteiger partial charge on any atom is 0.418 e. The Labute approximate surface area is 278 Å². The highest BCUT2D eigenvalue weighted by Gasteiger charge is 2.34. The lowest BCUT2D eigenvalue weighted by molar-refractivity contribution is -0.136. The Morgan fingerprint density at radius 2 is 1.62 bits per heavy atom. The summed E-state index contributed by atoms with van der Waals surface area (Å²) in [6.45, 7) is 10.4. The number of anilines is 2. The van der Waals surface area contributed by atoms with Gasteiger partial charge in [0, 0.05) is 19.2 Å². The molecule has 48 heavy (non-hydrogen) atoms. The number of unbranched alkanes of at least 4 members (excludes halogenated alkanes) is 1. The number of rotatable bonds is 8. The molecule has 0 saturated heterocycles. The summed E-state index contributed by atoms with van der Waals surface area (Å²) in [7, 11) is 1.50. The molecular formula is C38H39F3N4O3. The number of benzene rings is 4. The van der Waals surface area contributed by atoms with Gasteiger partial charge < -0.3 is 10.4 Å². The number of halogens is 3. The van der Waals surface area contributed by atoms with Gasteiger partial charge in [0.05, 0.1) is 33.5 Å². The number of alkyl halides is 3. The number of hydrogen-bond acceptors (Lipinski definition) is 3. The van der Waals surface area contributed by atoms with E-state index in [0.717, 1.165) is 52.6 Å². The van der Waals surface area contributed by atoms with Crippen LogP contribution in [0, 0.1) is 6.92 Å². The number of imidazole rings is 1. The normalized spacial score (nSPS) is 11.9. The Morgan fingerprint density at radius 3 is 2.29 bits per heavy atom. The van der Waals surface area contributed by atoms with Gasteiger partial charge in [-0.25, -0.2) is 14.6 Å². The maximum atomic E-state index is 13.6. The van der Waals surface area contributed by atoms with Gasteiger partial charge in [-0.1, -0.05) is 70.5 Å². The summed E-state index contributed by atoms with van der Waals surface area (Å²) in [4.78, 5) is 31.7. The van der Waals surface area contributed by atoms with E-state index in [-0.39, 0.29) is 16.7 Å². The first-order chi connectivity index (χ1) is 22.6. The SMILES string of the molecule is CCCCc1nc2ccc(N(C)C(=O)Nc3ccccc3C(F)(F)F)cc2n1-c1ccc(-c2ccccc2C(=O)O)c(C)c1C(C)(C)C. The first-order valence-corrected chi connectivity index (χ1v) is 15.8. The second kappa shape index (κ2) is 13.2. The van der Waals surface area contributed by atoms with E-state index in [0.29, 0.717) is 23.2 Å². The van der Waals surface area contributed by atoms with Crippen molar-refractivity contribution in [3.63, 3.8) is 0 Å². The van der Waals surface area contributed by atoms with Crippen LogP contribution in [0.5, 0.6) is 0 Å². The van der Waals surface area contributed by atoms with Crippen molar-refractivity contribution < 1.29 is 27.9 Å². The molecule has 10 heteroatoms. The molecule has 0 fully saturated rings. The van der Waals surface area contributed by atoms with Crippen LogP contribution in [0.25, 0.3) is 27.8 Å². The Balaban J connectivity index is 1.67. The molecule has 0 spiro atoms. The first-order valence-electron chi connectivity index (χ1n) is 15.8.